The van der Waals surface area contributed by atoms with Crippen molar-refractivity contribution in [2.24, 2.45) is 0 Å². The second-order valence-corrected chi connectivity index (χ2v) is 6.02. The van der Waals surface area contributed by atoms with Crippen LogP contribution in [0.3, 0.4) is 0 Å². The third kappa shape index (κ3) is 2.54. The number of hydrogen-bond donors (Lipinski definition) is 1. The summed E-state index contributed by atoms with van der Waals surface area (Å²) in [7, 11) is 0. The summed E-state index contributed by atoms with van der Waals surface area (Å²) < 4.78 is 1.87. The van der Waals surface area contributed by atoms with Crippen LogP contribution >= 0.6 is 11.3 Å². The van der Waals surface area contributed by atoms with Gasteiger partial charge in [-0.2, -0.15) is 5.10 Å². The number of carboxylic acid groups (broad SMARTS) is 1. The maximum Gasteiger partial charge on any atom is 0.307 e. The maximum absolute atomic E-state index is 11.0. The number of fused-ring (bicyclic) bond motifs is 1. The molecule has 0 radical (unpaired) electrons. The highest BCUT2D eigenvalue weighted by Gasteiger charge is 2.15. The lowest BCUT2D eigenvalue weighted by atomic mass is 10.0. The van der Waals surface area contributed by atoms with Crippen LogP contribution in [0.4, 0.5) is 0 Å². The van der Waals surface area contributed by atoms with Crippen LogP contribution in [0, 0.1) is 13.8 Å². The molecule has 5 nitrogen and oxygen atoms in total. The van der Waals surface area contributed by atoms with Gasteiger partial charge in [0, 0.05) is 16.0 Å². The van der Waals surface area contributed by atoms with Crippen LogP contribution in [0.1, 0.15) is 21.7 Å². The van der Waals surface area contributed by atoms with E-state index in [0.717, 1.165) is 27.9 Å². The average Bonchev–Trinajstić information content (AvgIpc) is 3.06. The summed E-state index contributed by atoms with van der Waals surface area (Å²) >= 11 is 1.68. The third-order valence-electron chi connectivity index (χ3n) is 3.59. The van der Waals surface area contributed by atoms with Crippen molar-refractivity contribution in [3.05, 3.63) is 45.4 Å². The zero-order valence-electron chi connectivity index (χ0n) is 11.8. The average molecular weight is 301 g/mol. The quantitative estimate of drug-likeness (QED) is 0.804. The lowest BCUT2D eigenvalue weighted by Crippen LogP contribution is -2.08. The molecule has 0 fully saturated rings. The lowest BCUT2D eigenvalue weighted by molar-refractivity contribution is -0.136. The number of rotatable bonds is 4. The molecule has 0 saturated heterocycles. The Balaban J connectivity index is 2.08. The van der Waals surface area contributed by atoms with Crippen LogP contribution in [-0.4, -0.2) is 25.8 Å². The van der Waals surface area contributed by atoms with E-state index in [2.05, 4.69) is 16.1 Å². The third-order valence-corrected chi connectivity index (χ3v) is 4.45. The van der Waals surface area contributed by atoms with Crippen molar-refractivity contribution in [2.45, 2.75) is 26.8 Å². The summed E-state index contributed by atoms with van der Waals surface area (Å²) in [5.41, 5.74) is 3.31. The summed E-state index contributed by atoms with van der Waals surface area (Å²) in [4.78, 5) is 16.8. The molecule has 108 valence electrons. The predicted octanol–water partition coefficient (Wildman–Crippen LogP) is 2.79. The molecule has 6 heteroatoms. The molecule has 3 heterocycles. The zero-order chi connectivity index (χ0) is 15.0. The van der Waals surface area contributed by atoms with E-state index in [0.29, 0.717) is 6.54 Å². The minimum absolute atomic E-state index is 0.00326. The first-order valence-corrected chi connectivity index (χ1v) is 7.50. The van der Waals surface area contributed by atoms with Crippen LogP contribution in [-0.2, 0) is 17.8 Å². The molecule has 3 aromatic rings. The number of aryl methyl sites for hydroxylation is 2. The molecule has 0 aromatic carbocycles. The van der Waals surface area contributed by atoms with Crippen LogP contribution in [0.5, 0.6) is 0 Å². The largest absolute Gasteiger partial charge is 0.481 e. The van der Waals surface area contributed by atoms with Crippen molar-refractivity contribution in [2.75, 3.05) is 0 Å². The molecule has 21 heavy (non-hydrogen) atoms. The van der Waals surface area contributed by atoms with Crippen molar-refractivity contribution < 1.29 is 9.90 Å². The molecule has 0 amide bonds. The van der Waals surface area contributed by atoms with Crippen LogP contribution in [0.2, 0.25) is 0 Å². The SMILES string of the molecule is Cc1nc2c(cnn2Cc2cccs2)c(C)c1CC(=O)O. The fraction of sp³-hybridized carbons (Fsp3) is 0.267. The number of carbonyl (C=O) groups is 1. The smallest absolute Gasteiger partial charge is 0.307 e. The van der Waals surface area contributed by atoms with Gasteiger partial charge in [0.05, 0.1) is 19.2 Å². The molecule has 3 rings (SSSR count). The fourth-order valence-corrected chi connectivity index (χ4v) is 3.19. The Morgan fingerprint density at radius 2 is 2.24 bits per heavy atom. The van der Waals surface area contributed by atoms with E-state index < -0.39 is 5.97 Å². The second-order valence-electron chi connectivity index (χ2n) is 4.99. The molecule has 0 spiro atoms. The number of aromatic nitrogens is 3. The molecule has 3 aromatic heterocycles. The molecular weight excluding hydrogens is 286 g/mol. The Morgan fingerprint density at radius 1 is 1.43 bits per heavy atom. The Hall–Kier alpha value is -2.21. The van der Waals surface area contributed by atoms with E-state index in [1.807, 2.05) is 30.0 Å². The van der Waals surface area contributed by atoms with Gasteiger partial charge in [-0.3, -0.25) is 4.79 Å². The molecule has 0 aliphatic rings. The van der Waals surface area contributed by atoms with Crippen molar-refractivity contribution in [1.82, 2.24) is 14.8 Å². The Labute approximate surface area is 125 Å². The Bertz CT molecular complexity index is 806. The molecule has 0 saturated carbocycles. The van der Waals surface area contributed by atoms with Gasteiger partial charge in [0.2, 0.25) is 0 Å². The van der Waals surface area contributed by atoms with E-state index in [-0.39, 0.29) is 6.42 Å². The van der Waals surface area contributed by atoms with E-state index in [1.165, 1.54) is 4.88 Å². The highest BCUT2D eigenvalue weighted by molar-refractivity contribution is 7.09. The summed E-state index contributed by atoms with van der Waals surface area (Å²) in [6.45, 7) is 4.48. The summed E-state index contributed by atoms with van der Waals surface area (Å²) in [6.07, 6.45) is 1.77. The van der Waals surface area contributed by atoms with E-state index in [4.69, 9.17) is 5.11 Å². The molecule has 1 N–H and O–H groups in total. The molecule has 0 aliphatic heterocycles. The Kier molecular flexibility index (Phi) is 3.47. The van der Waals surface area contributed by atoms with Gasteiger partial charge < -0.3 is 5.11 Å². The topological polar surface area (TPSA) is 68.0 Å². The van der Waals surface area contributed by atoms with Crippen molar-refractivity contribution in [3.8, 4) is 0 Å². The van der Waals surface area contributed by atoms with Gasteiger partial charge in [-0.05, 0) is 36.4 Å². The molecule has 0 bridgehead atoms. The van der Waals surface area contributed by atoms with E-state index in [1.54, 1.807) is 17.5 Å². The van der Waals surface area contributed by atoms with Gasteiger partial charge in [-0.15, -0.1) is 11.3 Å². The maximum atomic E-state index is 11.0. The van der Waals surface area contributed by atoms with Crippen molar-refractivity contribution in [1.29, 1.82) is 0 Å². The standard InChI is InChI=1S/C15H15N3O2S/c1-9-12(6-14(19)20)10(2)17-15-13(9)7-16-18(15)8-11-4-3-5-21-11/h3-5,7H,6,8H2,1-2H3,(H,19,20). The number of nitrogens with zero attached hydrogens (tertiary/aromatic N) is 3. The van der Waals surface area contributed by atoms with Crippen molar-refractivity contribution in [3.63, 3.8) is 0 Å². The van der Waals surface area contributed by atoms with E-state index in [9.17, 15) is 4.79 Å². The summed E-state index contributed by atoms with van der Waals surface area (Å²) in [5.74, 6) is -0.840. The van der Waals surface area contributed by atoms with Crippen LogP contribution in [0.15, 0.2) is 23.7 Å². The first kappa shape index (κ1) is 13.8. The van der Waals surface area contributed by atoms with Gasteiger partial charge in [0.1, 0.15) is 0 Å². The molecule has 0 aliphatic carbocycles. The van der Waals surface area contributed by atoms with Gasteiger partial charge in [0.25, 0.3) is 0 Å². The zero-order valence-corrected chi connectivity index (χ0v) is 12.6. The molecular formula is C15H15N3O2S. The number of pyridine rings is 1. The van der Waals surface area contributed by atoms with Crippen molar-refractivity contribution >= 4 is 28.3 Å². The number of carboxylic acids is 1. The molecule has 0 atom stereocenters. The first-order valence-electron chi connectivity index (χ1n) is 6.62. The number of hydrogen-bond acceptors (Lipinski definition) is 4. The Morgan fingerprint density at radius 3 is 2.90 bits per heavy atom. The number of thiophene rings is 1. The first-order chi connectivity index (χ1) is 10.1. The van der Waals surface area contributed by atoms with Gasteiger partial charge in [0.15, 0.2) is 5.65 Å². The second kappa shape index (κ2) is 5.29. The predicted molar refractivity (Wildman–Crippen MR) is 81.8 cm³/mol. The lowest BCUT2D eigenvalue weighted by Gasteiger charge is -2.09. The monoisotopic (exact) mass is 301 g/mol. The fourth-order valence-electron chi connectivity index (χ4n) is 2.50. The van der Waals surface area contributed by atoms with E-state index >= 15 is 0 Å². The minimum atomic E-state index is -0.840. The van der Waals surface area contributed by atoms with Crippen LogP contribution in [0.25, 0.3) is 11.0 Å². The summed E-state index contributed by atoms with van der Waals surface area (Å²) in [6, 6.07) is 4.08. The highest BCUT2D eigenvalue weighted by atomic mass is 32.1. The van der Waals surface area contributed by atoms with Gasteiger partial charge >= 0.3 is 5.97 Å². The minimum Gasteiger partial charge on any atom is -0.481 e. The highest BCUT2D eigenvalue weighted by Crippen LogP contribution is 2.24. The molecule has 0 unspecified atom stereocenters. The van der Waals surface area contributed by atoms with Gasteiger partial charge in [-0.25, -0.2) is 9.67 Å². The number of aliphatic carboxylic acids is 1. The summed E-state index contributed by atoms with van der Waals surface area (Å²) in [5, 5.41) is 16.4. The normalized spacial score (nSPS) is 11.1. The van der Waals surface area contributed by atoms with Crippen LogP contribution < -0.4 is 0 Å². The van der Waals surface area contributed by atoms with Gasteiger partial charge in [-0.1, -0.05) is 6.07 Å².